The van der Waals surface area contributed by atoms with Gasteiger partial charge in [0.2, 0.25) is 5.95 Å². The van der Waals surface area contributed by atoms with Gasteiger partial charge in [0, 0.05) is 5.69 Å². The Balaban J connectivity index is 1.90. The average molecular weight is 274 g/mol. The van der Waals surface area contributed by atoms with E-state index in [9.17, 15) is 0 Å². The van der Waals surface area contributed by atoms with E-state index in [2.05, 4.69) is 15.3 Å². The van der Waals surface area contributed by atoms with E-state index in [0.29, 0.717) is 16.7 Å². The Morgan fingerprint density at radius 2 is 2.05 bits per heavy atom. The van der Waals surface area contributed by atoms with Gasteiger partial charge in [0.05, 0.1) is 23.2 Å². The molecular formula is C14H12ClN3O. The highest BCUT2D eigenvalue weighted by atomic mass is 35.5. The number of halogens is 1. The quantitative estimate of drug-likeness (QED) is 0.759. The smallest absolute Gasteiger partial charge is 0.205 e. The zero-order chi connectivity index (χ0) is 13.2. The molecule has 5 heteroatoms. The van der Waals surface area contributed by atoms with Gasteiger partial charge in [-0.1, -0.05) is 23.7 Å². The van der Waals surface area contributed by atoms with Crippen LogP contribution < -0.4 is 10.1 Å². The summed E-state index contributed by atoms with van der Waals surface area (Å²) in [5, 5.41) is 3.74. The number of imidazole rings is 1. The second-order valence-electron chi connectivity index (χ2n) is 4.08. The van der Waals surface area contributed by atoms with Gasteiger partial charge in [-0.3, -0.25) is 0 Å². The number of rotatable bonds is 3. The molecule has 0 aliphatic carbocycles. The second-order valence-corrected chi connectivity index (χ2v) is 4.48. The van der Waals surface area contributed by atoms with Crippen molar-refractivity contribution < 1.29 is 4.74 Å². The lowest BCUT2D eigenvalue weighted by Gasteiger charge is -2.06. The van der Waals surface area contributed by atoms with Crippen LogP contribution in [-0.4, -0.2) is 17.1 Å². The molecule has 0 atom stereocenters. The van der Waals surface area contributed by atoms with E-state index in [4.69, 9.17) is 16.3 Å². The largest absolute Gasteiger partial charge is 0.495 e. The summed E-state index contributed by atoms with van der Waals surface area (Å²) in [4.78, 5) is 7.63. The molecule has 2 N–H and O–H groups in total. The predicted molar refractivity (Wildman–Crippen MR) is 77.4 cm³/mol. The highest BCUT2D eigenvalue weighted by Crippen LogP contribution is 2.28. The number of benzene rings is 2. The Labute approximate surface area is 115 Å². The van der Waals surface area contributed by atoms with Crippen molar-refractivity contribution in [2.75, 3.05) is 12.4 Å². The highest BCUT2D eigenvalue weighted by molar-refractivity contribution is 6.32. The normalized spacial score (nSPS) is 10.6. The molecule has 2 aromatic carbocycles. The molecule has 0 bridgehead atoms. The first-order valence-electron chi connectivity index (χ1n) is 5.81. The standard InChI is InChI=1S/C14H12ClN3O/c1-19-13-7-6-9(8-10(13)15)16-14-17-11-4-2-3-5-12(11)18-14/h2-8H,1H3,(H2,16,17,18). The van der Waals surface area contributed by atoms with Crippen LogP contribution in [0.5, 0.6) is 5.75 Å². The third-order valence-corrected chi connectivity index (χ3v) is 3.10. The number of nitrogens with zero attached hydrogens (tertiary/aromatic N) is 1. The van der Waals surface area contributed by atoms with E-state index < -0.39 is 0 Å². The molecule has 0 saturated heterocycles. The lowest BCUT2D eigenvalue weighted by atomic mass is 10.3. The molecule has 19 heavy (non-hydrogen) atoms. The van der Waals surface area contributed by atoms with Crippen molar-refractivity contribution in [3.8, 4) is 5.75 Å². The Kier molecular flexibility index (Phi) is 3.01. The lowest BCUT2D eigenvalue weighted by molar-refractivity contribution is 0.415. The van der Waals surface area contributed by atoms with Crippen LogP contribution in [0.25, 0.3) is 11.0 Å². The van der Waals surface area contributed by atoms with E-state index in [1.165, 1.54) is 0 Å². The van der Waals surface area contributed by atoms with Gasteiger partial charge in [0.15, 0.2) is 0 Å². The molecule has 96 valence electrons. The van der Waals surface area contributed by atoms with Crippen LogP contribution in [0.2, 0.25) is 5.02 Å². The Morgan fingerprint density at radius 3 is 2.79 bits per heavy atom. The maximum atomic E-state index is 6.08. The van der Waals surface area contributed by atoms with Crippen molar-refractivity contribution >= 4 is 34.3 Å². The number of H-pyrrole nitrogens is 1. The molecule has 3 aromatic rings. The monoisotopic (exact) mass is 273 g/mol. The van der Waals surface area contributed by atoms with E-state index >= 15 is 0 Å². The summed E-state index contributed by atoms with van der Waals surface area (Å²) in [5.74, 6) is 1.33. The zero-order valence-corrected chi connectivity index (χ0v) is 11.0. The number of para-hydroxylation sites is 2. The first kappa shape index (κ1) is 11.9. The molecule has 3 rings (SSSR count). The summed E-state index contributed by atoms with van der Waals surface area (Å²) in [6.45, 7) is 0. The van der Waals surface area contributed by atoms with E-state index in [1.54, 1.807) is 13.2 Å². The summed E-state index contributed by atoms with van der Waals surface area (Å²) in [7, 11) is 1.59. The Hall–Kier alpha value is -2.20. The van der Waals surface area contributed by atoms with Gasteiger partial charge in [-0.2, -0.15) is 0 Å². The molecule has 1 heterocycles. The average Bonchev–Trinajstić information content (AvgIpc) is 2.81. The van der Waals surface area contributed by atoms with Crippen molar-refractivity contribution in [1.29, 1.82) is 0 Å². The lowest BCUT2D eigenvalue weighted by Crippen LogP contribution is -1.93. The zero-order valence-electron chi connectivity index (χ0n) is 10.3. The summed E-state index contributed by atoms with van der Waals surface area (Å²) in [5.41, 5.74) is 2.76. The van der Waals surface area contributed by atoms with Gasteiger partial charge >= 0.3 is 0 Å². The number of hydrogen-bond acceptors (Lipinski definition) is 3. The van der Waals surface area contributed by atoms with Crippen LogP contribution in [0.1, 0.15) is 0 Å². The van der Waals surface area contributed by atoms with Crippen molar-refractivity contribution in [3.05, 3.63) is 47.5 Å². The number of hydrogen-bond donors (Lipinski definition) is 2. The molecular weight excluding hydrogens is 262 g/mol. The summed E-state index contributed by atoms with van der Waals surface area (Å²) >= 11 is 6.08. The minimum atomic E-state index is 0.559. The summed E-state index contributed by atoms with van der Waals surface area (Å²) in [6.07, 6.45) is 0. The fourth-order valence-corrected chi connectivity index (χ4v) is 2.15. The van der Waals surface area contributed by atoms with Gasteiger partial charge in [-0.15, -0.1) is 0 Å². The fourth-order valence-electron chi connectivity index (χ4n) is 1.89. The van der Waals surface area contributed by atoms with Crippen LogP contribution in [0.15, 0.2) is 42.5 Å². The van der Waals surface area contributed by atoms with E-state index in [1.807, 2.05) is 36.4 Å². The third-order valence-electron chi connectivity index (χ3n) is 2.80. The van der Waals surface area contributed by atoms with Crippen LogP contribution in [0, 0.1) is 0 Å². The van der Waals surface area contributed by atoms with Crippen molar-refractivity contribution in [2.45, 2.75) is 0 Å². The van der Waals surface area contributed by atoms with E-state index in [-0.39, 0.29) is 0 Å². The fraction of sp³-hybridized carbons (Fsp3) is 0.0714. The predicted octanol–water partition coefficient (Wildman–Crippen LogP) is 3.97. The molecule has 0 aliphatic rings. The van der Waals surface area contributed by atoms with E-state index in [0.717, 1.165) is 16.7 Å². The number of nitrogens with one attached hydrogen (secondary N) is 2. The molecule has 1 aromatic heterocycles. The SMILES string of the molecule is COc1ccc(Nc2nc3ccccc3[nH]2)cc1Cl. The third kappa shape index (κ3) is 2.35. The number of aromatic nitrogens is 2. The maximum Gasteiger partial charge on any atom is 0.205 e. The van der Waals surface area contributed by atoms with Gasteiger partial charge in [-0.05, 0) is 30.3 Å². The van der Waals surface area contributed by atoms with Crippen LogP contribution in [-0.2, 0) is 0 Å². The van der Waals surface area contributed by atoms with Gasteiger partial charge in [-0.25, -0.2) is 4.98 Å². The first-order chi connectivity index (χ1) is 9.26. The minimum absolute atomic E-state index is 0.559. The van der Waals surface area contributed by atoms with Gasteiger partial charge in [0.1, 0.15) is 5.75 Å². The number of methoxy groups -OCH3 is 1. The van der Waals surface area contributed by atoms with Gasteiger partial charge < -0.3 is 15.0 Å². The highest BCUT2D eigenvalue weighted by Gasteiger charge is 2.05. The summed E-state index contributed by atoms with van der Waals surface area (Å²) < 4.78 is 5.12. The minimum Gasteiger partial charge on any atom is -0.495 e. The Morgan fingerprint density at radius 1 is 1.21 bits per heavy atom. The molecule has 0 saturated carbocycles. The van der Waals surface area contributed by atoms with Crippen LogP contribution in [0.4, 0.5) is 11.6 Å². The van der Waals surface area contributed by atoms with Crippen molar-refractivity contribution in [2.24, 2.45) is 0 Å². The number of anilines is 2. The second kappa shape index (κ2) is 4.82. The molecule has 0 amide bonds. The van der Waals surface area contributed by atoms with Crippen LogP contribution >= 0.6 is 11.6 Å². The molecule has 4 nitrogen and oxygen atoms in total. The number of ether oxygens (including phenoxy) is 1. The Bertz CT molecular complexity index is 691. The molecule has 0 radical (unpaired) electrons. The first-order valence-corrected chi connectivity index (χ1v) is 6.19. The molecule has 0 aliphatic heterocycles. The number of fused-ring (bicyclic) bond motifs is 1. The maximum absolute atomic E-state index is 6.08. The molecule has 0 fully saturated rings. The van der Waals surface area contributed by atoms with Crippen molar-refractivity contribution in [3.63, 3.8) is 0 Å². The van der Waals surface area contributed by atoms with Crippen LogP contribution in [0.3, 0.4) is 0 Å². The molecule has 0 spiro atoms. The number of aromatic amines is 1. The van der Waals surface area contributed by atoms with Gasteiger partial charge in [0.25, 0.3) is 0 Å². The topological polar surface area (TPSA) is 49.9 Å². The van der Waals surface area contributed by atoms with Crippen molar-refractivity contribution in [1.82, 2.24) is 9.97 Å². The summed E-state index contributed by atoms with van der Waals surface area (Å²) in [6, 6.07) is 13.4. The molecule has 0 unspecified atom stereocenters.